The number of aryl methyl sites for hydroxylation is 2. The molecule has 1 amide bonds. The van der Waals surface area contributed by atoms with Crippen LogP contribution in [0.3, 0.4) is 0 Å². The summed E-state index contributed by atoms with van der Waals surface area (Å²) >= 11 is 0. The van der Waals surface area contributed by atoms with Crippen LogP contribution in [0.5, 0.6) is 0 Å². The summed E-state index contributed by atoms with van der Waals surface area (Å²) < 4.78 is 0. The fourth-order valence-electron chi connectivity index (χ4n) is 4.05. The van der Waals surface area contributed by atoms with Crippen molar-refractivity contribution in [3.8, 4) is 0 Å². The van der Waals surface area contributed by atoms with Gasteiger partial charge in [-0.25, -0.2) is 0 Å². The molecule has 0 unspecified atom stereocenters. The van der Waals surface area contributed by atoms with Gasteiger partial charge < -0.3 is 15.7 Å². The first-order valence-electron chi connectivity index (χ1n) is 9.64. The molecule has 3 N–H and O–H groups in total. The first-order valence-corrected chi connectivity index (χ1v) is 9.64. The zero-order chi connectivity index (χ0) is 19.7. The van der Waals surface area contributed by atoms with E-state index in [2.05, 4.69) is 15.6 Å². The quantitative estimate of drug-likeness (QED) is 0.658. The van der Waals surface area contributed by atoms with Crippen LogP contribution in [0, 0.1) is 13.8 Å². The highest BCUT2D eigenvalue weighted by Gasteiger charge is 2.43. The average molecular weight is 375 g/mol. The summed E-state index contributed by atoms with van der Waals surface area (Å²) in [6.07, 6.45) is -0.105. The summed E-state index contributed by atoms with van der Waals surface area (Å²) in [7, 11) is 0. The maximum absolute atomic E-state index is 13.3. The number of pyridine rings is 1. The number of β-amino-alcohol motifs (C(OH)–C–C–N with tert-alkyl or cyclic N) is 1. The van der Waals surface area contributed by atoms with Gasteiger partial charge in [-0.05, 0) is 50.6 Å². The van der Waals surface area contributed by atoms with E-state index in [0.717, 1.165) is 28.6 Å². The van der Waals surface area contributed by atoms with Gasteiger partial charge in [-0.3, -0.25) is 9.78 Å². The Morgan fingerprint density at radius 1 is 1.18 bits per heavy atom. The highest BCUT2D eigenvalue weighted by molar-refractivity contribution is 5.99. The Labute approximate surface area is 164 Å². The molecule has 5 nitrogen and oxygen atoms in total. The summed E-state index contributed by atoms with van der Waals surface area (Å²) in [5.74, 6) is -0.210. The molecule has 0 saturated carbocycles. The van der Waals surface area contributed by atoms with Gasteiger partial charge in [-0.1, -0.05) is 42.0 Å². The van der Waals surface area contributed by atoms with Gasteiger partial charge in [-0.15, -0.1) is 0 Å². The summed E-state index contributed by atoms with van der Waals surface area (Å²) in [6, 6.07) is 17.6. The number of aliphatic hydroxyl groups is 1. The molecule has 3 aromatic rings. The van der Waals surface area contributed by atoms with Crippen LogP contribution in [0.2, 0.25) is 0 Å². The van der Waals surface area contributed by atoms with Crippen molar-refractivity contribution >= 4 is 16.8 Å². The highest BCUT2D eigenvalue weighted by atomic mass is 16.3. The standard InChI is InChI=1S/C23H25N3O2/c1-15-8-9-20-17(12-15)13-19(16(2)25-20)22(28)26-23(10-11-24-14-21(23)27)18-6-4-3-5-7-18/h3-9,12-13,21,24,27H,10-11,14H2,1-2H3,(H,26,28)/t21-,23+/m1/s1. The molecule has 28 heavy (non-hydrogen) atoms. The molecule has 2 heterocycles. The van der Waals surface area contributed by atoms with E-state index in [9.17, 15) is 9.90 Å². The van der Waals surface area contributed by atoms with Crippen LogP contribution >= 0.6 is 0 Å². The van der Waals surface area contributed by atoms with Crippen molar-refractivity contribution in [2.45, 2.75) is 31.9 Å². The second-order valence-corrected chi connectivity index (χ2v) is 7.58. The molecule has 1 aliphatic heterocycles. The molecule has 144 valence electrons. The van der Waals surface area contributed by atoms with Gasteiger partial charge in [0.15, 0.2) is 0 Å². The first-order chi connectivity index (χ1) is 13.5. The van der Waals surface area contributed by atoms with Crippen molar-refractivity contribution in [1.82, 2.24) is 15.6 Å². The van der Waals surface area contributed by atoms with Crippen molar-refractivity contribution in [3.63, 3.8) is 0 Å². The Bertz CT molecular complexity index is 1020. The van der Waals surface area contributed by atoms with Crippen molar-refractivity contribution in [2.75, 3.05) is 13.1 Å². The Balaban J connectivity index is 1.74. The number of benzene rings is 2. The molecule has 0 radical (unpaired) electrons. The van der Waals surface area contributed by atoms with E-state index in [1.165, 1.54) is 0 Å². The summed E-state index contributed by atoms with van der Waals surface area (Å²) in [5, 5.41) is 18.2. The normalized spacial score (nSPS) is 22.2. The lowest BCUT2D eigenvalue weighted by Gasteiger charge is -2.43. The number of aliphatic hydroxyl groups excluding tert-OH is 1. The topological polar surface area (TPSA) is 74.2 Å². The summed E-state index contributed by atoms with van der Waals surface area (Å²) in [6.45, 7) is 5.03. The molecule has 1 fully saturated rings. The highest BCUT2D eigenvalue weighted by Crippen LogP contribution is 2.32. The molecule has 4 rings (SSSR count). The van der Waals surface area contributed by atoms with E-state index in [4.69, 9.17) is 0 Å². The molecule has 0 aliphatic carbocycles. The molecule has 5 heteroatoms. The van der Waals surface area contributed by atoms with Gasteiger partial charge in [0.25, 0.3) is 5.91 Å². The van der Waals surface area contributed by atoms with E-state index in [0.29, 0.717) is 24.2 Å². The monoisotopic (exact) mass is 375 g/mol. The number of carbonyl (C=O) groups is 1. The van der Waals surface area contributed by atoms with Gasteiger partial charge in [0.05, 0.1) is 28.4 Å². The Hall–Kier alpha value is -2.76. The van der Waals surface area contributed by atoms with Crippen molar-refractivity contribution in [2.24, 2.45) is 0 Å². The Morgan fingerprint density at radius 3 is 2.71 bits per heavy atom. The van der Waals surface area contributed by atoms with Crippen LogP contribution in [-0.4, -0.2) is 35.2 Å². The third-order valence-corrected chi connectivity index (χ3v) is 5.63. The minimum absolute atomic E-state index is 0.210. The van der Waals surface area contributed by atoms with Crippen LogP contribution < -0.4 is 10.6 Å². The fraction of sp³-hybridized carbons (Fsp3) is 0.304. The van der Waals surface area contributed by atoms with Gasteiger partial charge in [0.1, 0.15) is 0 Å². The Morgan fingerprint density at radius 2 is 1.96 bits per heavy atom. The second kappa shape index (κ2) is 7.34. The maximum atomic E-state index is 13.3. The molecule has 0 spiro atoms. The van der Waals surface area contributed by atoms with Crippen LogP contribution in [0.1, 0.15) is 33.6 Å². The van der Waals surface area contributed by atoms with Gasteiger partial charge in [0.2, 0.25) is 0 Å². The lowest BCUT2D eigenvalue weighted by molar-refractivity contribution is 0.0289. The number of piperidine rings is 1. The summed E-state index contributed by atoms with van der Waals surface area (Å²) in [5.41, 5.74) is 3.31. The van der Waals surface area contributed by atoms with E-state index >= 15 is 0 Å². The second-order valence-electron chi connectivity index (χ2n) is 7.58. The number of hydrogen-bond donors (Lipinski definition) is 3. The SMILES string of the molecule is Cc1ccc2nc(C)c(C(=O)N[C@]3(c4ccccc4)CCNC[C@H]3O)cc2c1. The van der Waals surface area contributed by atoms with Crippen molar-refractivity contribution < 1.29 is 9.90 Å². The van der Waals surface area contributed by atoms with Crippen LogP contribution in [-0.2, 0) is 5.54 Å². The fourth-order valence-corrected chi connectivity index (χ4v) is 4.05. The number of nitrogens with one attached hydrogen (secondary N) is 2. The predicted molar refractivity (Wildman–Crippen MR) is 110 cm³/mol. The zero-order valence-electron chi connectivity index (χ0n) is 16.2. The van der Waals surface area contributed by atoms with E-state index in [1.807, 2.05) is 68.4 Å². The minimum atomic E-state index is -0.822. The smallest absolute Gasteiger partial charge is 0.253 e. The third kappa shape index (κ3) is 3.28. The zero-order valence-corrected chi connectivity index (χ0v) is 16.2. The number of aromatic nitrogens is 1. The van der Waals surface area contributed by atoms with Crippen molar-refractivity contribution in [3.05, 3.63) is 77.0 Å². The number of amides is 1. The summed E-state index contributed by atoms with van der Waals surface area (Å²) in [4.78, 5) is 17.9. The van der Waals surface area contributed by atoms with Gasteiger partial charge in [-0.2, -0.15) is 0 Å². The molecular formula is C23H25N3O2. The van der Waals surface area contributed by atoms with Crippen molar-refractivity contribution in [1.29, 1.82) is 0 Å². The number of carbonyl (C=O) groups excluding carboxylic acids is 1. The number of nitrogens with zero attached hydrogens (tertiary/aromatic N) is 1. The van der Waals surface area contributed by atoms with E-state index in [-0.39, 0.29) is 5.91 Å². The lowest BCUT2D eigenvalue weighted by Crippen LogP contribution is -2.61. The largest absolute Gasteiger partial charge is 0.389 e. The minimum Gasteiger partial charge on any atom is -0.389 e. The predicted octanol–water partition coefficient (Wildman–Crippen LogP) is 2.83. The number of hydrogen-bond acceptors (Lipinski definition) is 4. The maximum Gasteiger partial charge on any atom is 0.253 e. The molecule has 1 saturated heterocycles. The molecule has 1 aromatic heterocycles. The van der Waals surface area contributed by atoms with Gasteiger partial charge in [0, 0.05) is 11.9 Å². The average Bonchev–Trinajstić information content (AvgIpc) is 2.70. The lowest BCUT2D eigenvalue weighted by atomic mass is 9.79. The molecular weight excluding hydrogens is 350 g/mol. The molecule has 2 atom stereocenters. The van der Waals surface area contributed by atoms with Crippen LogP contribution in [0.4, 0.5) is 0 Å². The third-order valence-electron chi connectivity index (χ3n) is 5.63. The van der Waals surface area contributed by atoms with Crippen LogP contribution in [0.15, 0.2) is 54.6 Å². The molecule has 2 aromatic carbocycles. The Kier molecular flexibility index (Phi) is 4.87. The van der Waals surface area contributed by atoms with Crippen LogP contribution in [0.25, 0.3) is 10.9 Å². The number of rotatable bonds is 3. The molecule has 0 bridgehead atoms. The van der Waals surface area contributed by atoms with E-state index in [1.54, 1.807) is 0 Å². The van der Waals surface area contributed by atoms with E-state index < -0.39 is 11.6 Å². The van der Waals surface area contributed by atoms with Gasteiger partial charge >= 0.3 is 0 Å². The number of fused-ring (bicyclic) bond motifs is 1. The molecule has 1 aliphatic rings. The first kappa shape index (κ1) is 18.6.